The summed E-state index contributed by atoms with van der Waals surface area (Å²) in [5, 5.41) is 0.555. The lowest BCUT2D eigenvalue weighted by molar-refractivity contribution is -0.139. The Balaban J connectivity index is 1.96. The van der Waals surface area contributed by atoms with Gasteiger partial charge in [-0.2, -0.15) is 0 Å². The summed E-state index contributed by atoms with van der Waals surface area (Å²) in [4.78, 5) is 31.7. The lowest BCUT2D eigenvalue weighted by atomic mass is 9.96. The monoisotopic (exact) mass is 498 g/mol. The van der Waals surface area contributed by atoms with E-state index in [2.05, 4.69) is 4.99 Å². The van der Waals surface area contributed by atoms with Crippen molar-refractivity contribution < 1.29 is 19.0 Å². The fraction of sp³-hybridized carbons (Fsp3) is 0.240. The summed E-state index contributed by atoms with van der Waals surface area (Å²) in [7, 11) is 3.14. The number of fused-ring (bicyclic) bond motifs is 1. The Morgan fingerprint density at radius 2 is 1.91 bits per heavy atom. The Hall–Kier alpha value is -3.36. The quantitative estimate of drug-likeness (QED) is 0.486. The van der Waals surface area contributed by atoms with E-state index in [1.165, 1.54) is 15.9 Å². The van der Waals surface area contributed by atoms with E-state index in [0.717, 1.165) is 5.56 Å². The molecule has 0 amide bonds. The van der Waals surface area contributed by atoms with Crippen molar-refractivity contribution >= 4 is 35.0 Å². The Morgan fingerprint density at radius 1 is 1.18 bits per heavy atom. The summed E-state index contributed by atoms with van der Waals surface area (Å²) in [6, 6.07) is 11.7. The molecule has 2 heterocycles. The molecule has 7 nitrogen and oxygen atoms in total. The van der Waals surface area contributed by atoms with Crippen LogP contribution in [0.25, 0.3) is 6.08 Å². The first-order chi connectivity index (χ1) is 16.4. The van der Waals surface area contributed by atoms with Gasteiger partial charge in [0.2, 0.25) is 0 Å². The number of rotatable bonds is 6. The van der Waals surface area contributed by atoms with E-state index in [1.807, 2.05) is 0 Å². The SMILES string of the molecule is CCOC(=O)C1=C(C)N=c2s/c(=C/c3cc(OC)ccc3OC)c(=O)n2C1c1ccc(Cl)cc1. The van der Waals surface area contributed by atoms with Crippen molar-refractivity contribution in [2.75, 3.05) is 20.8 Å². The number of ether oxygens (including phenoxy) is 3. The van der Waals surface area contributed by atoms with E-state index in [4.69, 9.17) is 25.8 Å². The second-order valence-corrected chi connectivity index (χ2v) is 8.91. The number of hydrogen-bond donors (Lipinski definition) is 0. The average molecular weight is 499 g/mol. The Kier molecular flexibility index (Phi) is 6.90. The van der Waals surface area contributed by atoms with Crippen LogP contribution in [0.15, 0.2) is 63.5 Å². The molecule has 176 valence electrons. The van der Waals surface area contributed by atoms with Crippen molar-refractivity contribution in [1.82, 2.24) is 4.57 Å². The van der Waals surface area contributed by atoms with Gasteiger partial charge in [-0.15, -0.1) is 0 Å². The van der Waals surface area contributed by atoms with Crippen LogP contribution in [0.4, 0.5) is 0 Å². The highest BCUT2D eigenvalue weighted by molar-refractivity contribution is 7.07. The van der Waals surface area contributed by atoms with Gasteiger partial charge in [0.05, 0.1) is 42.7 Å². The number of carbonyl (C=O) groups is 1. The number of halogens is 1. The van der Waals surface area contributed by atoms with Crippen LogP contribution in [0, 0.1) is 0 Å². The van der Waals surface area contributed by atoms with Crippen molar-refractivity contribution in [1.29, 1.82) is 0 Å². The van der Waals surface area contributed by atoms with E-state index in [1.54, 1.807) is 76.6 Å². The Labute approximate surface area is 205 Å². The van der Waals surface area contributed by atoms with Crippen LogP contribution in [0.2, 0.25) is 5.02 Å². The molecule has 0 N–H and O–H groups in total. The first-order valence-corrected chi connectivity index (χ1v) is 11.7. The molecule has 1 atom stereocenters. The molecule has 0 fully saturated rings. The molecule has 0 saturated carbocycles. The highest BCUT2D eigenvalue weighted by Gasteiger charge is 2.33. The van der Waals surface area contributed by atoms with Gasteiger partial charge in [0, 0.05) is 10.6 Å². The van der Waals surface area contributed by atoms with E-state index in [0.29, 0.717) is 42.7 Å². The largest absolute Gasteiger partial charge is 0.497 e. The third-order valence-electron chi connectivity index (χ3n) is 5.43. The van der Waals surface area contributed by atoms with Crippen LogP contribution in [0.3, 0.4) is 0 Å². The second kappa shape index (κ2) is 9.87. The standard InChI is InChI=1S/C25H23ClN2O5S/c1-5-33-24(30)21-14(2)27-25-28(22(21)15-6-8-17(26)9-7-15)23(29)20(34-25)13-16-12-18(31-3)10-11-19(16)32-4/h6-13,22H,5H2,1-4H3/b20-13+. The highest BCUT2D eigenvalue weighted by Crippen LogP contribution is 2.31. The van der Waals surface area contributed by atoms with E-state index < -0.39 is 12.0 Å². The minimum absolute atomic E-state index is 0.211. The number of benzene rings is 2. The smallest absolute Gasteiger partial charge is 0.338 e. The molecule has 0 aliphatic carbocycles. The van der Waals surface area contributed by atoms with Gasteiger partial charge in [0.25, 0.3) is 5.56 Å². The van der Waals surface area contributed by atoms with Crippen LogP contribution in [0.1, 0.15) is 31.0 Å². The zero-order chi connectivity index (χ0) is 24.4. The molecule has 2 aromatic carbocycles. The Bertz CT molecular complexity index is 1450. The maximum Gasteiger partial charge on any atom is 0.338 e. The summed E-state index contributed by atoms with van der Waals surface area (Å²) in [6.07, 6.45) is 1.74. The minimum atomic E-state index is -0.693. The zero-order valence-electron chi connectivity index (χ0n) is 19.1. The Morgan fingerprint density at radius 3 is 2.56 bits per heavy atom. The number of thiazole rings is 1. The number of allylic oxidation sites excluding steroid dienone is 1. The third kappa shape index (κ3) is 4.38. The van der Waals surface area contributed by atoms with Gasteiger partial charge in [-0.25, -0.2) is 9.79 Å². The fourth-order valence-corrected chi connectivity index (χ4v) is 5.01. The number of hydrogen-bond acceptors (Lipinski definition) is 7. The maximum atomic E-state index is 13.7. The topological polar surface area (TPSA) is 79.1 Å². The molecule has 0 spiro atoms. The van der Waals surface area contributed by atoms with Gasteiger partial charge in [-0.1, -0.05) is 35.1 Å². The maximum absolute atomic E-state index is 13.7. The molecule has 0 bridgehead atoms. The van der Waals surface area contributed by atoms with Crippen molar-refractivity contribution in [2.45, 2.75) is 19.9 Å². The van der Waals surface area contributed by atoms with Gasteiger partial charge in [-0.3, -0.25) is 9.36 Å². The molecule has 1 aliphatic heterocycles. The van der Waals surface area contributed by atoms with E-state index in [9.17, 15) is 9.59 Å². The predicted octanol–water partition coefficient (Wildman–Crippen LogP) is 3.47. The first-order valence-electron chi connectivity index (χ1n) is 10.5. The van der Waals surface area contributed by atoms with E-state index in [-0.39, 0.29) is 12.2 Å². The van der Waals surface area contributed by atoms with E-state index >= 15 is 0 Å². The summed E-state index contributed by atoms with van der Waals surface area (Å²) in [5.74, 6) is 0.732. The molecule has 1 unspecified atom stereocenters. The highest BCUT2D eigenvalue weighted by atomic mass is 35.5. The van der Waals surface area contributed by atoms with Gasteiger partial charge in [-0.05, 0) is 55.8 Å². The third-order valence-corrected chi connectivity index (χ3v) is 6.66. The van der Waals surface area contributed by atoms with Gasteiger partial charge < -0.3 is 14.2 Å². The number of esters is 1. The van der Waals surface area contributed by atoms with Crippen LogP contribution >= 0.6 is 22.9 Å². The molecule has 0 saturated heterocycles. The van der Waals surface area contributed by atoms with Gasteiger partial charge in [0.15, 0.2) is 4.80 Å². The summed E-state index contributed by atoms with van der Waals surface area (Å²) >= 11 is 7.33. The summed E-state index contributed by atoms with van der Waals surface area (Å²) < 4.78 is 18.1. The molecule has 0 radical (unpaired) electrons. The molecule has 9 heteroatoms. The van der Waals surface area contributed by atoms with Gasteiger partial charge >= 0.3 is 5.97 Å². The second-order valence-electron chi connectivity index (χ2n) is 7.46. The number of carbonyl (C=O) groups excluding carboxylic acids is 1. The van der Waals surface area contributed by atoms with Crippen molar-refractivity contribution in [3.8, 4) is 11.5 Å². The van der Waals surface area contributed by atoms with Gasteiger partial charge in [0.1, 0.15) is 11.5 Å². The lowest BCUT2D eigenvalue weighted by Crippen LogP contribution is -2.39. The molecular formula is C25H23ClN2O5S. The molecule has 1 aromatic heterocycles. The van der Waals surface area contributed by atoms with Crippen LogP contribution in [0.5, 0.6) is 11.5 Å². The van der Waals surface area contributed by atoms with Crippen molar-refractivity contribution in [3.05, 3.63) is 89.6 Å². The van der Waals surface area contributed by atoms with Crippen LogP contribution in [-0.4, -0.2) is 31.4 Å². The molecule has 1 aliphatic rings. The molecular weight excluding hydrogens is 476 g/mol. The number of methoxy groups -OCH3 is 2. The van der Waals surface area contributed by atoms with Crippen LogP contribution < -0.4 is 24.4 Å². The number of aromatic nitrogens is 1. The fourth-order valence-electron chi connectivity index (χ4n) is 3.85. The summed E-state index contributed by atoms with van der Waals surface area (Å²) in [5.41, 5.74) is 1.97. The lowest BCUT2D eigenvalue weighted by Gasteiger charge is -2.24. The first kappa shape index (κ1) is 23.8. The van der Waals surface area contributed by atoms with Crippen molar-refractivity contribution in [3.63, 3.8) is 0 Å². The minimum Gasteiger partial charge on any atom is -0.497 e. The number of nitrogens with zero attached hydrogens (tertiary/aromatic N) is 2. The predicted molar refractivity (Wildman–Crippen MR) is 131 cm³/mol. The molecule has 34 heavy (non-hydrogen) atoms. The normalized spacial score (nSPS) is 15.6. The molecule has 3 aromatic rings. The van der Waals surface area contributed by atoms with Crippen molar-refractivity contribution in [2.24, 2.45) is 4.99 Å². The molecule has 4 rings (SSSR count). The summed E-state index contributed by atoms with van der Waals surface area (Å²) in [6.45, 7) is 3.70. The zero-order valence-corrected chi connectivity index (χ0v) is 20.7. The van der Waals surface area contributed by atoms with Crippen LogP contribution in [-0.2, 0) is 9.53 Å². The average Bonchev–Trinajstić information content (AvgIpc) is 3.13.